The molecule has 6 heteroatoms. The molecule has 0 bridgehead atoms. The number of amides is 2. The summed E-state index contributed by atoms with van der Waals surface area (Å²) in [6, 6.07) is 14.7. The van der Waals surface area contributed by atoms with Gasteiger partial charge < -0.3 is 19.7 Å². The van der Waals surface area contributed by atoms with Crippen LogP contribution in [0.15, 0.2) is 42.5 Å². The monoisotopic (exact) mass is 353 g/mol. The van der Waals surface area contributed by atoms with Crippen molar-refractivity contribution in [2.75, 3.05) is 20.8 Å². The average molecular weight is 353 g/mol. The molecule has 0 saturated carbocycles. The molecule has 0 aromatic heterocycles. The summed E-state index contributed by atoms with van der Waals surface area (Å²) in [5.41, 5.74) is 2.40. The van der Waals surface area contributed by atoms with Gasteiger partial charge in [-0.3, -0.25) is 0 Å². The number of hydrogen-bond donors (Lipinski definition) is 1. The molecule has 2 aromatic rings. The van der Waals surface area contributed by atoms with E-state index < -0.39 is 0 Å². The number of nitrogens with zero attached hydrogens (tertiary/aromatic N) is 2. The van der Waals surface area contributed by atoms with E-state index in [9.17, 15) is 4.79 Å². The molecule has 0 aliphatic rings. The van der Waals surface area contributed by atoms with E-state index >= 15 is 0 Å². The number of benzene rings is 2. The van der Waals surface area contributed by atoms with Gasteiger partial charge >= 0.3 is 6.03 Å². The number of methoxy groups -OCH3 is 1. The second kappa shape index (κ2) is 9.33. The fourth-order valence-electron chi connectivity index (χ4n) is 2.49. The number of ether oxygens (including phenoxy) is 2. The van der Waals surface area contributed by atoms with E-state index in [0.29, 0.717) is 36.8 Å². The molecule has 0 heterocycles. The van der Waals surface area contributed by atoms with Crippen LogP contribution in [0.1, 0.15) is 23.6 Å². The predicted octanol–water partition coefficient (Wildman–Crippen LogP) is 3.31. The van der Waals surface area contributed by atoms with Crippen molar-refractivity contribution in [1.29, 1.82) is 5.26 Å². The first kappa shape index (κ1) is 19.1. The van der Waals surface area contributed by atoms with E-state index in [1.54, 1.807) is 31.2 Å². The lowest BCUT2D eigenvalue weighted by Gasteiger charge is -2.18. The van der Waals surface area contributed by atoms with Crippen LogP contribution in [0.5, 0.6) is 11.5 Å². The molecule has 2 amide bonds. The molecule has 0 unspecified atom stereocenters. The average Bonchev–Trinajstić information content (AvgIpc) is 2.67. The molecular weight excluding hydrogens is 330 g/mol. The molecule has 26 heavy (non-hydrogen) atoms. The Morgan fingerprint density at radius 3 is 2.69 bits per heavy atom. The number of rotatable bonds is 7. The van der Waals surface area contributed by atoms with Crippen molar-refractivity contribution in [2.24, 2.45) is 0 Å². The number of nitriles is 1. The molecule has 1 N–H and O–H groups in total. The van der Waals surface area contributed by atoms with Crippen LogP contribution in [0.4, 0.5) is 4.79 Å². The summed E-state index contributed by atoms with van der Waals surface area (Å²) in [5.74, 6) is 1.32. The minimum atomic E-state index is -0.194. The van der Waals surface area contributed by atoms with E-state index in [1.807, 2.05) is 37.3 Å². The summed E-state index contributed by atoms with van der Waals surface area (Å²) < 4.78 is 10.8. The van der Waals surface area contributed by atoms with Crippen molar-refractivity contribution >= 4 is 6.03 Å². The maximum Gasteiger partial charge on any atom is 0.317 e. The highest BCUT2D eigenvalue weighted by atomic mass is 16.5. The minimum absolute atomic E-state index is 0.194. The third kappa shape index (κ3) is 5.15. The van der Waals surface area contributed by atoms with Crippen LogP contribution in [-0.4, -0.2) is 31.7 Å². The summed E-state index contributed by atoms with van der Waals surface area (Å²) >= 11 is 0. The molecule has 0 radical (unpaired) electrons. The van der Waals surface area contributed by atoms with Gasteiger partial charge in [0, 0.05) is 20.1 Å². The van der Waals surface area contributed by atoms with Gasteiger partial charge in [0.25, 0.3) is 0 Å². The molecule has 0 aliphatic heterocycles. The SMILES string of the molecule is CCOc1ccc(CNC(=O)N(C)Cc2cccc(C#N)c2)cc1OC. The third-order valence-corrected chi connectivity index (χ3v) is 3.79. The Labute approximate surface area is 153 Å². The summed E-state index contributed by atoms with van der Waals surface area (Å²) in [4.78, 5) is 13.9. The zero-order valence-corrected chi connectivity index (χ0v) is 15.3. The first-order chi connectivity index (χ1) is 12.6. The van der Waals surface area contributed by atoms with Gasteiger partial charge in [0.05, 0.1) is 25.3 Å². The van der Waals surface area contributed by atoms with Crippen LogP contribution in [0.25, 0.3) is 0 Å². The lowest BCUT2D eigenvalue weighted by atomic mass is 10.1. The Balaban J connectivity index is 1.94. The molecule has 0 atom stereocenters. The number of nitrogens with one attached hydrogen (secondary N) is 1. The maximum atomic E-state index is 12.3. The summed E-state index contributed by atoms with van der Waals surface area (Å²) in [5, 5.41) is 11.8. The molecule has 2 rings (SSSR count). The Bertz CT molecular complexity index is 799. The Kier molecular flexibility index (Phi) is 6.86. The van der Waals surface area contributed by atoms with Gasteiger partial charge in [-0.2, -0.15) is 5.26 Å². The Morgan fingerprint density at radius 1 is 1.19 bits per heavy atom. The van der Waals surface area contributed by atoms with Gasteiger partial charge in [0.1, 0.15) is 0 Å². The van der Waals surface area contributed by atoms with Crippen LogP contribution in [0.3, 0.4) is 0 Å². The lowest BCUT2D eigenvalue weighted by molar-refractivity contribution is 0.206. The highest BCUT2D eigenvalue weighted by molar-refractivity contribution is 5.73. The molecule has 2 aromatic carbocycles. The number of hydrogen-bond acceptors (Lipinski definition) is 4. The van der Waals surface area contributed by atoms with E-state index in [0.717, 1.165) is 11.1 Å². The van der Waals surface area contributed by atoms with Crippen molar-refractivity contribution in [3.63, 3.8) is 0 Å². The van der Waals surface area contributed by atoms with Crippen molar-refractivity contribution in [1.82, 2.24) is 10.2 Å². The largest absolute Gasteiger partial charge is 0.493 e. The zero-order valence-electron chi connectivity index (χ0n) is 15.3. The highest BCUT2D eigenvalue weighted by Gasteiger charge is 2.10. The maximum absolute atomic E-state index is 12.3. The van der Waals surface area contributed by atoms with Crippen LogP contribution < -0.4 is 14.8 Å². The molecule has 0 fully saturated rings. The van der Waals surface area contributed by atoms with E-state index in [4.69, 9.17) is 14.7 Å². The second-order valence-corrected chi connectivity index (χ2v) is 5.75. The normalized spacial score (nSPS) is 9.92. The zero-order chi connectivity index (χ0) is 18.9. The van der Waals surface area contributed by atoms with Crippen LogP contribution >= 0.6 is 0 Å². The van der Waals surface area contributed by atoms with E-state index in [1.165, 1.54) is 0 Å². The molecule has 0 aliphatic carbocycles. The van der Waals surface area contributed by atoms with Gasteiger partial charge in [-0.05, 0) is 42.3 Å². The minimum Gasteiger partial charge on any atom is -0.493 e. The number of carbonyl (C=O) groups excluding carboxylic acids is 1. The summed E-state index contributed by atoms with van der Waals surface area (Å²) in [6.07, 6.45) is 0. The Hall–Kier alpha value is -3.20. The van der Waals surface area contributed by atoms with Crippen molar-refractivity contribution in [3.8, 4) is 17.6 Å². The van der Waals surface area contributed by atoms with Crippen molar-refractivity contribution < 1.29 is 14.3 Å². The Morgan fingerprint density at radius 2 is 2.00 bits per heavy atom. The molecule has 0 spiro atoms. The van der Waals surface area contributed by atoms with E-state index in [2.05, 4.69) is 11.4 Å². The lowest BCUT2D eigenvalue weighted by Crippen LogP contribution is -2.36. The smallest absolute Gasteiger partial charge is 0.317 e. The van der Waals surface area contributed by atoms with Crippen molar-refractivity contribution in [2.45, 2.75) is 20.0 Å². The topological polar surface area (TPSA) is 74.6 Å². The molecular formula is C20H23N3O3. The van der Waals surface area contributed by atoms with Crippen LogP contribution in [-0.2, 0) is 13.1 Å². The molecule has 0 saturated heterocycles. The fourth-order valence-corrected chi connectivity index (χ4v) is 2.49. The first-order valence-corrected chi connectivity index (χ1v) is 8.35. The quantitative estimate of drug-likeness (QED) is 0.829. The first-order valence-electron chi connectivity index (χ1n) is 8.35. The standard InChI is InChI=1S/C20H23N3O3/c1-4-26-18-9-8-16(11-19(18)25-3)13-22-20(24)23(2)14-17-7-5-6-15(10-17)12-21/h5-11H,4,13-14H2,1-3H3,(H,22,24). The highest BCUT2D eigenvalue weighted by Crippen LogP contribution is 2.27. The second-order valence-electron chi connectivity index (χ2n) is 5.75. The number of carbonyl (C=O) groups is 1. The van der Waals surface area contributed by atoms with Crippen LogP contribution in [0.2, 0.25) is 0 Å². The van der Waals surface area contributed by atoms with Crippen molar-refractivity contribution in [3.05, 3.63) is 59.2 Å². The fraction of sp³-hybridized carbons (Fsp3) is 0.300. The third-order valence-electron chi connectivity index (χ3n) is 3.79. The van der Waals surface area contributed by atoms with E-state index in [-0.39, 0.29) is 6.03 Å². The summed E-state index contributed by atoms with van der Waals surface area (Å²) in [7, 11) is 3.30. The summed E-state index contributed by atoms with van der Waals surface area (Å²) in [6.45, 7) is 3.28. The van der Waals surface area contributed by atoms with Crippen LogP contribution in [0, 0.1) is 11.3 Å². The number of urea groups is 1. The predicted molar refractivity (Wildman–Crippen MR) is 99.0 cm³/mol. The van der Waals surface area contributed by atoms with Gasteiger partial charge in [-0.25, -0.2) is 4.79 Å². The van der Waals surface area contributed by atoms with Gasteiger partial charge in [0.15, 0.2) is 11.5 Å². The molecule has 136 valence electrons. The van der Waals surface area contributed by atoms with Gasteiger partial charge in [-0.1, -0.05) is 18.2 Å². The molecule has 6 nitrogen and oxygen atoms in total. The van der Waals surface area contributed by atoms with Gasteiger partial charge in [-0.15, -0.1) is 0 Å². The van der Waals surface area contributed by atoms with Gasteiger partial charge in [0.2, 0.25) is 0 Å².